The number of benzene rings is 2. The molecule has 0 bridgehead atoms. The Hall–Kier alpha value is -3.13. The van der Waals surface area contributed by atoms with Gasteiger partial charge in [-0.25, -0.2) is 9.97 Å². The first-order chi connectivity index (χ1) is 16.3. The Bertz CT molecular complexity index is 1320. The van der Waals surface area contributed by atoms with Gasteiger partial charge in [0.15, 0.2) is 5.69 Å². The predicted octanol–water partition coefficient (Wildman–Crippen LogP) is 5.98. The monoisotopic (exact) mass is 468 g/mol. The van der Waals surface area contributed by atoms with E-state index < -0.39 is 11.9 Å². The van der Waals surface area contributed by atoms with E-state index in [-0.39, 0.29) is 5.52 Å². The van der Waals surface area contributed by atoms with Crippen LogP contribution in [0.15, 0.2) is 42.5 Å². The molecule has 0 unspecified atom stereocenters. The van der Waals surface area contributed by atoms with Crippen molar-refractivity contribution in [1.82, 2.24) is 19.9 Å². The van der Waals surface area contributed by atoms with Gasteiger partial charge in [-0.3, -0.25) is 0 Å². The van der Waals surface area contributed by atoms with E-state index in [0.29, 0.717) is 40.5 Å². The van der Waals surface area contributed by atoms with E-state index in [1.54, 1.807) is 25.3 Å². The molecule has 0 atom stereocenters. The van der Waals surface area contributed by atoms with Crippen LogP contribution in [0.25, 0.3) is 33.3 Å². The number of aryl methyl sites for hydroxylation is 2. The number of methoxy groups -OCH3 is 1. The number of piperidine rings is 1. The van der Waals surface area contributed by atoms with Crippen molar-refractivity contribution in [3.63, 3.8) is 0 Å². The number of halogens is 3. The van der Waals surface area contributed by atoms with Crippen LogP contribution in [0.4, 0.5) is 13.2 Å². The van der Waals surface area contributed by atoms with Crippen molar-refractivity contribution >= 4 is 21.9 Å². The summed E-state index contributed by atoms with van der Waals surface area (Å²) in [5, 5.41) is 4.06. The minimum atomic E-state index is -4.61. The second-order valence-electron chi connectivity index (χ2n) is 8.97. The van der Waals surface area contributed by atoms with E-state index in [1.807, 2.05) is 35.8 Å². The Labute approximate surface area is 196 Å². The number of ether oxygens (including phenoxy) is 1. The minimum Gasteiger partial charge on any atom is -0.497 e. The Kier molecular flexibility index (Phi) is 5.93. The molecule has 2 aromatic heterocycles. The van der Waals surface area contributed by atoms with Crippen molar-refractivity contribution < 1.29 is 17.9 Å². The Morgan fingerprint density at radius 2 is 1.79 bits per heavy atom. The van der Waals surface area contributed by atoms with Crippen LogP contribution in [-0.4, -0.2) is 34.7 Å². The molecular weight excluding hydrogens is 441 g/mol. The third kappa shape index (κ3) is 4.22. The maximum atomic E-state index is 14.1. The number of imidazole rings is 1. The fourth-order valence-corrected chi connectivity index (χ4v) is 4.86. The number of aromatic nitrogens is 3. The second kappa shape index (κ2) is 8.91. The normalized spacial score (nSPS) is 15.3. The van der Waals surface area contributed by atoms with Crippen molar-refractivity contribution in [3.05, 3.63) is 53.7 Å². The van der Waals surface area contributed by atoms with Crippen LogP contribution in [0.5, 0.6) is 5.75 Å². The second-order valence-corrected chi connectivity index (χ2v) is 8.97. The Balaban J connectivity index is 1.75. The summed E-state index contributed by atoms with van der Waals surface area (Å²) in [6.45, 7) is 4.40. The quantitative estimate of drug-likeness (QED) is 0.392. The molecule has 2 aromatic carbocycles. The van der Waals surface area contributed by atoms with Crippen LogP contribution >= 0.6 is 0 Å². The van der Waals surface area contributed by atoms with Crippen molar-refractivity contribution in [2.75, 3.05) is 20.2 Å². The molecule has 4 aromatic rings. The van der Waals surface area contributed by atoms with E-state index in [1.165, 1.54) is 0 Å². The summed E-state index contributed by atoms with van der Waals surface area (Å²) in [6, 6.07) is 12.8. The molecule has 5 rings (SSSR count). The van der Waals surface area contributed by atoms with Gasteiger partial charge in [0.2, 0.25) is 0 Å². The zero-order chi connectivity index (χ0) is 23.9. The molecule has 0 spiro atoms. The highest BCUT2D eigenvalue weighted by molar-refractivity contribution is 6.05. The van der Waals surface area contributed by atoms with Crippen molar-refractivity contribution in [2.24, 2.45) is 5.92 Å². The molecule has 1 fully saturated rings. The van der Waals surface area contributed by atoms with E-state index >= 15 is 0 Å². The lowest BCUT2D eigenvalue weighted by Gasteiger charge is -2.23. The molecule has 3 heterocycles. The highest BCUT2D eigenvalue weighted by Gasteiger charge is 2.37. The highest BCUT2D eigenvalue weighted by Crippen LogP contribution is 2.39. The number of nitrogens with zero attached hydrogens (tertiary/aromatic N) is 3. The molecule has 178 valence electrons. The van der Waals surface area contributed by atoms with Gasteiger partial charge in [-0.2, -0.15) is 13.2 Å². The maximum absolute atomic E-state index is 14.1. The van der Waals surface area contributed by atoms with Gasteiger partial charge in [-0.1, -0.05) is 12.1 Å². The molecule has 1 aliphatic rings. The smallest absolute Gasteiger partial charge is 0.435 e. The van der Waals surface area contributed by atoms with Crippen LogP contribution < -0.4 is 10.1 Å². The number of nitrogens with one attached hydrogen (secondary N) is 1. The van der Waals surface area contributed by atoms with Gasteiger partial charge in [0.25, 0.3) is 0 Å². The van der Waals surface area contributed by atoms with Crippen LogP contribution in [0.3, 0.4) is 0 Å². The Morgan fingerprint density at radius 3 is 2.47 bits per heavy atom. The molecular formula is C26H27F3N4O. The number of fused-ring (bicyclic) bond motifs is 3. The van der Waals surface area contributed by atoms with Crippen LogP contribution in [0, 0.1) is 12.8 Å². The lowest BCUT2D eigenvalue weighted by Crippen LogP contribution is -2.28. The average molecular weight is 469 g/mol. The van der Waals surface area contributed by atoms with Crippen LogP contribution in [0.1, 0.15) is 30.5 Å². The maximum Gasteiger partial charge on any atom is 0.435 e. The van der Waals surface area contributed by atoms with Gasteiger partial charge >= 0.3 is 6.18 Å². The molecule has 8 heteroatoms. The minimum absolute atomic E-state index is 0.0972. The summed E-state index contributed by atoms with van der Waals surface area (Å²) in [5.74, 6) is 1.73. The lowest BCUT2D eigenvalue weighted by molar-refractivity contribution is -0.139. The summed E-state index contributed by atoms with van der Waals surface area (Å²) in [6.07, 6.45) is -1.59. The average Bonchev–Trinajstić information content (AvgIpc) is 3.21. The summed E-state index contributed by atoms with van der Waals surface area (Å²) >= 11 is 0. The number of hydrogen-bond donors (Lipinski definition) is 1. The SMILES string of the molecule is COc1ccc(-c2nc3c(C(F)(F)F)nc4cc(C)ccc4c3n2CCC2CCNCC2)cc1. The first-order valence-corrected chi connectivity index (χ1v) is 11.6. The zero-order valence-electron chi connectivity index (χ0n) is 19.2. The van der Waals surface area contributed by atoms with E-state index in [9.17, 15) is 13.2 Å². The van der Waals surface area contributed by atoms with Crippen molar-refractivity contribution in [2.45, 2.75) is 38.9 Å². The number of hydrogen-bond acceptors (Lipinski definition) is 4. The van der Waals surface area contributed by atoms with Gasteiger partial charge in [0.1, 0.15) is 17.1 Å². The molecule has 34 heavy (non-hydrogen) atoms. The van der Waals surface area contributed by atoms with Crippen molar-refractivity contribution in [3.8, 4) is 17.1 Å². The summed E-state index contributed by atoms with van der Waals surface area (Å²) in [7, 11) is 1.58. The molecule has 1 N–H and O–H groups in total. The van der Waals surface area contributed by atoms with Gasteiger partial charge < -0.3 is 14.6 Å². The van der Waals surface area contributed by atoms with Gasteiger partial charge in [0.05, 0.1) is 18.1 Å². The zero-order valence-corrected chi connectivity index (χ0v) is 19.2. The molecule has 1 saturated heterocycles. The summed E-state index contributed by atoms with van der Waals surface area (Å²) < 4.78 is 49.6. The third-order valence-electron chi connectivity index (χ3n) is 6.67. The lowest BCUT2D eigenvalue weighted by atomic mass is 9.94. The van der Waals surface area contributed by atoms with Crippen molar-refractivity contribution in [1.29, 1.82) is 0 Å². The Morgan fingerprint density at radius 1 is 1.06 bits per heavy atom. The van der Waals surface area contributed by atoms with Gasteiger partial charge in [0, 0.05) is 17.5 Å². The molecule has 0 amide bonds. The fraction of sp³-hybridized carbons (Fsp3) is 0.385. The summed E-state index contributed by atoms with van der Waals surface area (Å²) in [5.41, 5.74) is 1.41. The highest BCUT2D eigenvalue weighted by atomic mass is 19.4. The standard InChI is InChI=1S/C26H27F3N4O/c1-16-3-8-20-21(15-16)31-24(26(27,28)29)22-23(20)33(14-11-17-9-12-30-13-10-17)25(32-22)18-4-6-19(34-2)7-5-18/h3-8,15,17,30H,9-14H2,1-2H3. The largest absolute Gasteiger partial charge is 0.497 e. The first kappa shape index (κ1) is 22.7. The predicted molar refractivity (Wildman–Crippen MR) is 127 cm³/mol. The number of pyridine rings is 1. The van der Waals surface area contributed by atoms with Gasteiger partial charge in [-0.15, -0.1) is 0 Å². The van der Waals surface area contributed by atoms with E-state index in [2.05, 4.69) is 15.3 Å². The summed E-state index contributed by atoms with van der Waals surface area (Å²) in [4.78, 5) is 8.60. The molecule has 0 saturated carbocycles. The molecule has 5 nitrogen and oxygen atoms in total. The number of alkyl halides is 3. The van der Waals surface area contributed by atoms with Crippen LogP contribution in [0.2, 0.25) is 0 Å². The fourth-order valence-electron chi connectivity index (χ4n) is 4.86. The number of rotatable bonds is 5. The first-order valence-electron chi connectivity index (χ1n) is 11.6. The van der Waals surface area contributed by atoms with E-state index in [0.717, 1.165) is 43.5 Å². The van der Waals surface area contributed by atoms with E-state index in [4.69, 9.17) is 4.74 Å². The topological polar surface area (TPSA) is 52.0 Å². The van der Waals surface area contributed by atoms with Crippen LogP contribution in [-0.2, 0) is 12.7 Å². The third-order valence-corrected chi connectivity index (χ3v) is 6.67. The molecule has 0 aliphatic carbocycles. The molecule has 0 radical (unpaired) electrons. The van der Waals surface area contributed by atoms with Gasteiger partial charge in [-0.05, 0) is 81.1 Å². The molecule has 1 aliphatic heterocycles.